The first-order chi connectivity index (χ1) is 3.55. The highest BCUT2D eigenvalue weighted by atomic mass is 16.1. The van der Waals surface area contributed by atoms with E-state index in [-0.39, 0.29) is 5.78 Å². The summed E-state index contributed by atoms with van der Waals surface area (Å²) in [5, 5.41) is 0. The minimum atomic E-state index is -0.0509. The van der Waals surface area contributed by atoms with Gasteiger partial charge in [-0.2, -0.15) is 0 Å². The van der Waals surface area contributed by atoms with Crippen molar-refractivity contribution in [3.63, 3.8) is 0 Å². The Bertz CT molecular complexity index is 131. The van der Waals surface area contributed by atoms with Crippen LogP contribution in [-0.2, 0) is 4.79 Å². The van der Waals surface area contributed by atoms with Gasteiger partial charge in [0, 0.05) is 0 Å². The molecule has 0 N–H and O–H groups in total. The molecule has 0 aliphatic carbocycles. The van der Waals surface area contributed by atoms with Crippen LogP contribution in [0.15, 0.2) is 11.0 Å². The standard InChI is InChI=1S/C6H9BO/c1-4(2)6(7)5(3)8/h1-3H3. The fraction of sp³-hybridized carbons (Fsp3) is 0.500. The van der Waals surface area contributed by atoms with Crippen molar-refractivity contribution >= 4 is 13.6 Å². The average Bonchev–Trinajstić information content (AvgIpc) is 1.64. The highest BCUT2D eigenvalue weighted by Crippen LogP contribution is 1.97. The Kier molecular flexibility index (Phi) is 2.52. The van der Waals surface area contributed by atoms with Gasteiger partial charge in [-0.15, -0.1) is 0 Å². The lowest BCUT2D eigenvalue weighted by molar-refractivity contribution is -0.113. The van der Waals surface area contributed by atoms with E-state index in [0.29, 0.717) is 5.47 Å². The molecule has 0 amide bonds. The first kappa shape index (κ1) is 7.47. The Hall–Kier alpha value is -0.525. The van der Waals surface area contributed by atoms with E-state index in [2.05, 4.69) is 0 Å². The second-order valence-corrected chi connectivity index (χ2v) is 1.97. The molecule has 0 unspecified atom stereocenters. The van der Waals surface area contributed by atoms with Crippen molar-refractivity contribution < 1.29 is 4.79 Å². The van der Waals surface area contributed by atoms with Gasteiger partial charge in [0.2, 0.25) is 0 Å². The van der Waals surface area contributed by atoms with Crippen LogP contribution in [0.1, 0.15) is 20.8 Å². The summed E-state index contributed by atoms with van der Waals surface area (Å²) < 4.78 is 0. The lowest BCUT2D eigenvalue weighted by Crippen LogP contribution is -1.97. The highest BCUT2D eigenvalue weighted by Gasteiger charge is 1.94. The molecule has 2 heteroatoms. The molecule has 42 valence electrons. The van der Waals surface area contributed by atoms with Gasteiger partial charge in [0.1, 0.15) is 13.6 Å². The average molecular weight is 108 g/mol. The molecular weight excluding hydrogens is 98.9 g/mol. The molecule has 1 nitrogen and oxygen atoms in total. The van der Waals surface area contributed by atoms with Gasteiger partial charge in [-0.25, -0.2) is 0 Å². The number of allylic oxidation sites excluding steroid dienone is 2. The second-order valence-electron chi connectivity index (χ2n) is 1.97. The van der Waals surface area contributed by atoms with Gasteiger partial charge in [0.25, 0.3) is 0 Å². The molecule has 0 aromatic carbocycles. The van der Waals surface area contributed by atoms with Crippen molar-refractivity contribution in [1.29, 1.82) is 0 Å². The summed E-state index contributed by atoms with van der Waals surface area (Å²) >= 11 is 0. The van der Waals surface area contributed by atoms with E-state index in [1.807, 2.05) is 13.8 Å². The molecule has 0 saturated carbocycles. The van der Waals surface area contributed by atoms with Crippen molar-refractivity contribution in [2.45, 2.75) is 20.8 Å². The zero-order valence-electron chi connectivity index (χ0n) is 5.49. The lowest BCUT2D eigenvalue weighted by atomic mass is 9.88. The maximum Gasteiger partial charge on any atom is 0.145 e. The maximum absolute atomic E-state index is 10.4. The van der Waals surface area contributed by atoms with Crippen molar-refractivity contribution in [1.82, 2.24) is 0 Å². The Morgan fingerprint density at radius 2 is 1.62 bits per heavy atom. The molecule has 0 spiro atoms. The van der Waals surface area contributed by atoms with Crippen LogP contribution in [0.25, 0.3) is 0 Å². The van der Waals surface area contributed by atoms with E-state index >= 15 is 0 Å². The van der Waals surface area contributed by atoms with E-state index in [0.717, 1.165) is 5.57 Å². The topological polar surface area (TPSA) is 17.1 Å². The van der Waals surface area contributed by atoms with Crippen LogP contribution in [0.3, 0.4) is 0 Å². The van der Waals surface area contributed by atoms with E-state index in [4.69, 9.17) is 7.85 Å². The van der Waals surface area contributed by atoms with Gasteiger partial charge in [-0.05, 0) is 20.8 Å². The number of ketones is 1. The number of rotatable bonds is 1. The largest absolute Gasteiger partial charge is 0.296 e. The molecular formula is C6H9BO. The van der Waals surface area contributed by atoms with Crippen molar-refractivity contribution in [3.05, 3.63) is 11.0 Å². The normalized spacial score (nSPS) is 8.38. The minimum Gasteiger partial charge on any atom is -0.296 e. The monoisotopic (exact) mass is 108 g/mol. The summed E-state index contributed by atoms with van der Waals surface area (Å²) in [7, 11) is 5.29. The lowest BCUT2D eigenvalue weighted by Gasteiger charge is -1.94. The van der Waals surface area contributed by atoms with Crippen LogP contribution in [0.5, 0.6) is 0 Å². The van der Waals surface area contributed by atoms with Crippen LogP contribution >= 0.6 is 0 Å². The summed E-state index contributed by atoms with van der Waals surface area (Å²) in [5.41, 5.74) is 1.27. The Morgan fingerprint density at radius 1 is 1.25 bits per heavy atom. The quantitative estimate of drug-likeness (QED) is 0.362. The fourth-order valence-electron chi connectivity index (χ4n) is 0.352. The van der Waals surface area contributed by atoms with E-state index in [1.54, 1.807) is 0 Å². The van der Waals surface area contributed by atoms with Crippen molar-refractivity contribution in [2.75, 3.05) is 0 Å². The third-order valence-corrected chi connectivity index (χ3v) is 0.918. The SMILES string of the molecule is [B]C(C(C)=O)=C(C)C. The third-order valence-electron chi connectivity index (χ3n) is 0.918. The van der Waals surface area contributed by atoms with Crippen LogP contribution in [0.2, 0.25) is 0 Å². The predicted octanol–water partition coefficient (Wildman–Crippen LogP) is 1.04. The first-order valence-corrected chi connectivity index (χ1v) is 2.49. The summed E-state index contributed by atoms with van der Waals surface area (Å²) in [6, 6.07) is 0. The predicted molar refractivity (Wildman–Crippen MR) is 34.8 cm³/mol. The van der Waals surface area contributed by atoms with Gasteiger partial charge in [-0.1, -0.05) is 11.0 Å². The fourth-order valence-corrected chi connectivity index (χ4v) is 0.352. The molecule has 0 fully saturated rings. The van der Waals surface area contributed by atoms with Crippen molar-refractivity contribution in [3.8, 4) is 0 Å². The summed E-state index contributed by atoms with van der Waals surface area (Å²) in [6.45, 7) is 5.09. The molecule has 0 rings (SSSR count). The van der Waals surface area contributed by atoms with Crippen LogP contribution in [-0.4, -0.2) is 13.6 Å². The number of Topliss-reactive ketones (excluding diaryl/α,β-unsaturated/α-hetero) is 1. The highest BCUT2D eigenvalue weighted by molar-refractivity contribution is 6.36. The van der Waals surface area contributed by atoms with Crippen molar-refractivity contribution in [2.24, 2.45) is 0 Å². The van der Waals surface area contributed by atoms with Gasteiger partial charge < -0.3 is 0 Å². The smallest absolute Gasteiger partial charge is 0.145 e. The summed E-state index contributed by atoms with van der Waals surface area (Å²) in [6.07, 6.45) is 0. The zero-order chi connectivity index (χ0) is 6.73. The molecule has 0 aliphatic rings. The number of hydrogen-bond acceptors (Lipinski definition) is 1. The number of hydrogen-bond donors (Lipinski definition) is 0. The second kappa shape index (κ2) is 2.70. The molecule has 0 aromatic heterocycles. The number of carbonyl (C=O) groups is 1. The van der Waals surface area contributed by atoms with Crippen LogP contribution < -0.4 is 0 Å². The Morgan fingerprint density at radius 3 is 1.62 bits per heavy atom. The minimum absolute atomic E-state index is 0.0509. The zero-order valence-corrected chi connectivity index (χ0v) is 5.49. The molecule has 0 heterocycles. The third kappa shape index (κ3) is 1.96. The van der Waals surface area contributed by atoms with Gasteiger partial charge in [0.15, 0.2) is 0 Å². The maximum atomic E-state index is 10.4. The van der Waals surface area contributed by atoms with Crippen LogP contribution in [0.4, 0.5) is 0 Å². The molecule has 0 saturated heterocycles. The Balaban J connectivity index is 4.23. The summed E-state index contributed by atoms with van der Waals surface area (Å²) in [5.74, 6) is -0.0509. The van der Waals surface area contributed by atoms with Gasteiger partial charge in [0.05, 0.1) is 0 Å². The summed E-state index contributed by atoms with van der Waals surface area (Å²) in [4.78, 5) is 10.4. The van der Waals surface area contributed by atoms with Gasteiger partial charge >= 0.3 is 0 Å². The van der Waals surface area contributed by atoms with E-state index in [1.165, 1.54) is 6.92 Å². The molecule has 0 aromatic rings. The molecule has 0 aliphatic heterocycles. The Labute approximate surface area is 51.2 Å². The number of carbonyl (C=O) groups excluding carboxylic acids is 1. The van der Waals surface area contributed by atoms with Crippen LogP contribution in [0, 0.1) is 0 Å². The molecule has 0 bridgehead atoms. The van der Waals surface area contributed by atoms with E-state index in [9.17, 15) is 4.79 Å². The molecule has 2 radical (unpaired) electrons. The first-order valence-electron chi connectivity index (χ1n) is 2.49. The molecule has 8 heavy (non-hydrogen) atoms. The molecule has 0 atom stereocenters. The van der Waals surface area contributed by atoms with Gasteiger partial charge in [-0.3, -0.25) is 4.79 Å². The van der Waals surface area contributed by atoms with E-state index < -0.39 is 0 Å².